The van der Waals surface area contributed by atoms with Crippen LogP contribution < -0.4 is 36.9 Å². The summed E-state index contributed by atoms with van der Waals surface area (Å²) in [5, 5.41) is 16.3. The molecule has 330 valence electrons. The molecule has 0 bridgehead atoms. The van der Waals surface area contributed by atoms with Gasteiger partial charge in [0.2, 0.25) is 11.9 Å². The minimum Gasteiger partial charge on any atom is -0.355 e. The monoisotopic (exact) mass is 901 g/mol. The molecule has 5 aromatic heterocycles. The molecule has 0 atom stereocenters. The van der Waals surface area contributed by atoms with Gasteiger partial charge >= 0.3 is 0 Å². The van der Waals surface area contributed by atoms with Crippen LogP contribution in [0.5, 0.6) is 0 Å². The first kappa shape index (κ1) is 42.8. The fourth-order valence-corrected chi connectivity index (χ4v) is 8.94. The van der Waals surface area contributed by atoms with Gasteiger partial charge in [0, 0.05) is 87.8 Å². The van der Waals surface area contributed by atoms with Gasteiger partial charge in [0.05, 0.1) is 35.2 Å². The Morgan fingerprint density at radius 3 is 1.86 bits per heavy atom. The maximum Gasteiger partial charge on any atom is 0.263 e. The number of hydrogen-bond acceptors (Lipinski definition) is 12. The van der Waals surface area contributed by atoms with E-state index in [-0.39, 0.29) is 16.7 Å². The second-order valence-electron chi connectivity index (χ2n) is 16.8. The first-order valence-corrected chi connectivity index (χ1v) is 22.3. The maximum atomic E-state index is 13.6. The summed E-state index contributed by atoms with van der Waals surface area (Å²) >= 11 is 13.1. The van der Waals surface area contributed by atoms with Crippen LogP contribution in [0.2, 0.25) is 10.0 Å². The molecule has 2 fully saturated rings. The number of anilines is 6. The fourth-order valence-electron chi connectivity index (χ4n) is 8.66. The minimum absolute atomic E-state index is 0.0642. The largest absolute Gasteiger partial charge is 0.355 e. The Balaban J connectivity index is 0.829. The van der Waals surface area contributed by atoms with Crippen molar-refractivity contribution < 1.29 is 4.79 Å². The number of benzene rings is 2. The van der Waals surface area contributed by atoms with E-state index in [9.17, 15) is 14.4 Å². The molecule has 16 nitrogen and oxygen atoms in total. The second kappa shape index (κ2) is 17.9. The molecule has 2 aromatic carbocycles. The molecule has 7 heterocycles. The van der Waals surface area contributed by atoms with E-state index in [2.05, 4.69) is 47.7 Å². The number of carbonyl (C=O) groups excluding carboxylic acids is 1. The van der Waals surface area contributed by atoms with Gasteiger partial charge in [-0.1, -0.05) is 30.1 Å². The van der Waals surface area contributed by atoms with Crippen molar-refractivity contribution in [1.29, 1.82) is 0 Å². The van der Waals surface area contributed by atoms with Gasteiger partial charge in [-0.2, -0.15) is 15.1 Å². The highest BCUT2D eigenvalue weighted by Gasteiger charge is 2.23. The molecule has 0 unspecified atom stereocenters. The zero-order chi connectivity index (χ0) is 44.6. The lowest BCUT2D eigenvalue weighted by molar-refractivity contribution is 0.0961. The smallest absolute Gasteiger partial charge is 0.263 e. The Morgan fingerprint density at radius 1 is 0.734 bits per heavy atom. The number of aryl methyl sites for hydroxylation is 3. The Labute approximate surface area is 379 Å². The zero-order valence-corrected chi connectivity index (χ0v) is 37.6. The van der Waals surface area contributed by atoms with Gasteiger partial charge in [-0.3, -0.25) is 19.1 Å². The fraction of sp³-hybridized carbons (Fsp3) is 0.348. The predicted molar refractivity (Wildman–Crippen MR) is 254 cm³/mol. The van der Waals surface area contributed by atoms with Crippen molar-refractivity contribution in [2.75, 3.05) is 53.7 Å². The van der Waals surface area contributed by atoms with Crippen molar-refractivity contribution in [3.05, 3.63) is 110 Å². The number of pyridine rings is 2. The van der Waals surface area contributed by atoms with E-state index >= 15 is 0 Å². The third-order valence-electron chi connectivity index (χ3n) is 12.6. The number of aromatic nitrogens is 8. The number of nitrogens with zero attached hydrogens (tertiary/aromatic N) is 10. The lowest BCUT2D eigenvalue weighted by atomic mass is 9.94. The summed E-state index contributed by atoms with van der Waals surface area (Å²) in [6.45, 7) is 6.41. The number of hydrogen-bond donors (Lipinski definition) is 3. The highest BCUT2D eigenvalue weighted by atomic mass is 35.5. The van der Waals surface area contributed by atoms with Gasteiger partial charge in [-0.05, 0) is 92.5 Å². The van der Waals surface area contributed by atoms with Gasteiger partial charge in [-0.15, -0.1) is 0 Å². The average molecular weight is 903 g/mol. The molecule has 3 N–H and O–H groups in total. The molecule has 18 heteroatoms. The molecular formula is C46H49Cl2N13O3. The number of nitrogens with one attached hydrogen (secondary N) is 3. The normalized spacial score (nSPS) is 15.0. The van der Waals surface area contributed by atoms with E-state index in [0.29, 0.717) is 67.6 Å². The summed E-state index contributed by atoms with van der Waals surface area (Å²) in [4.78, 5) is 61.7. The molecule has 9 rings (SSSR count). The lowest BCUT2D eigenvalue weighted by Crippen LogP contribution is -2.35. The Hall–Kier alpha value is -6.52. The number of fused-ring (bicyclic) bond motifs is 2. The van der Waals surface area contributed by atoms with Gasteiger partial charge < -0.3 is 34.9 Å². The molecule has 0 radical (unpaired) electrons. The van der Waals surface area contributed by atoms with Gasteiger partial charge in [-0.25, -0.2) is 9.97 Å². The van der Waals surface area contributed by atoms with Crippen molar-refractivity contribution in [2.45, 2.75) is 45.6 Å². The molecule has 2 aliphatic rings. The highest BCUT2D eigenvalue weighted by molar-refractivity contribution is 6.33. The molecule has 1 amide bonds. The van der Waals surface area contributed by atoms with Crippen LogP contribution in [0.15, 0.2) is 82.9 Å². The predicted octanol–water partition coefficient (Wildman–Crippen LogP) is 7.53. The molecule has 7 aromatic rings. The minimum atomic E-state index is -0.444. The number of halogens is 2. The van der Waals surface area contributed by atoms with Crippen molar-refractivity contribution in [1.82, 2.24) is 44.2 Å². The van der Waals surface area contributed by atoms with Crippen molar-refractivity contribution in [2.24, 2.45) is 25.9 Å². The van der Waals surface area contributed by atoms with E-state index in [0.717, 1.165) is 87.0 Å². The summed E-state index contributed by atoms with van der Waals surface area (Å²) in [5.41, 5.74) is 3.94. The quantitative estimate of drug-likeness (QED) is 0.117. The van der Waals surface area contributed by atoms with Gasteiger partial charge in [0.25, 0.3) is 17.0 Å². The van der Waals surface area contributed by atoms with Crippen LogP contribution in [0, 0.1) is 11.8 Å². The van der Waals surface area contributed by atoms with E-state index in [1.807, 2.05) is 53.3 Å². The zero-order valence-electron chi connectivity index (χ0n) is 36.1. The topological polar surface area (TPSA) is 173 Å². The number of rotatable bonds is 11. The summed E-state index contributed by atoms with van der Waals surface area (Å²) in [6, 6.07) is 14.9. The van der Waals surface area contributed by atoms with Crippen molar-refractivity contribution >= 4 is 85.8 Å². The van der Waals surface area contributed by atoms with Crippen LogP contribution in [-0.2, 0) is 20.6 Å². The van der Waals surface area contributed by atoms with E-state index in [1.54, 1.807) is 43.3 Å². The molecule has 64 heavy (non-hydrogen) atoms. The van der Waals surface area contributed by atoms with Crippen molar-refractivity contribution in [3.8, 4) is 11.1 Å². The van der Waals surface area contributed by atoms with Crippen LogP contribution in [0.1, 0.15) is 49.4 Å². The maximum absolute atomic E-state index is 13.6. The second-order valence-corrected chi connectivity index (χ2v) is 17.6. The number of piperidine rings is 2. The van der Waals surface area contributed by atoms with Crippen LogP contribution in [0.3, 0.4) is 0 Å². The van der Waals surface area contributed by atoms with Gasteiger partial charge in [0.1, 0.15) is 15.6 Å². The van der Waals surface area contributed by atoms with E-state index in [1.165, 1.54) is 11.6 Å². The van der Waals surface area contributed by atoms with Crippen LogP contribution >= 0.6 is 23.2 Å². The lowest BCUT2D eigenvalue weighted by Gasteiger charge is -2.32. The molecule has 2 aliphatic heterocycles. The Morgan fingerprint density at radius 2 is 1.28 bits per heavy atom. The summed E-state index contributed by atoms with van der Waals surface area (Å²) in [7, 11) is 4.93. The Kier molecular flexibility index (Phi) is 12.0. The molecule has 0 aliphatic carbocycles. The standard InChI is InChI=1S/C46H49Cl2N13O3/c1-27-9-14-59(15-10-27)45-50-24-36(47)40(55-45)53-32-5-7-38-29(19-32)21-34(43(63)57(38)3)31-23-52-61(26-31)18-13-28-11-16-60(17-12-28)46-51-25-37(48)41(56-46)54-33-6-8-39-30(20-33)22-35(42(62)49-2)44(64)58(39)4/h5-8,19-28H,9-18H2,1-4H3,(H,49,62)(H,50,53,55)(H,51,54,56). The highest BCUT2D eigenvalue weighted by Crippen LogP contribution is 2.32. The van der Waals surface area contributed by atoms with E-state index in [4.69, 9.17) is 33.2 Å². The first-order valence-electron chi connectivity index (χ1n) is 21.5. The van der Waals surface area contributed by atoms with Crippen molar-refractivity contribution in [3.63, 3.8) is 0 Å². The van der Waals surface area contributed by atoms with Crippen LogP contribution in [-0.4, -0.2) is 78.0 Å². The van der Waals surface area contributed by atoms with E-state index < -0.39 is 5.91 Å². The van der Waals surface area contributed by atoms with Crippen LogP contribution in [0.25, 0.3) is 32.9 Å². The Bertz CT molecular complexity index is 3020. The van der Waals surface area contributed by atoms with Crippen LogP contribution in [0.4, 0.5) is 34.9 Å². The van der Waals surface area contributed by atoms with Gasteiger partial charge in [0.15, 0.2) is 11.6 Å². The summed E-state index contributed by atoms with van der Waals surface area (Å²) in [6.07, 6.45) is 12.0. The first-order chi connectivity index (χ1) is 30.9. The third kappa shape index (κ3) is 8.71. The summed E-state index contributed by atoms with van der Waals surface area (Å²) in [5.74, 6) is 2.98. The molecule has 0 saturated carbocycles. The third-order valence-corrected chi connectivity index (χ3v) is 13.1. The average Bonchev–Trinajstić information content (AvgIpc) is 3.78. The molecule has 0 spiro atoms. The SMILES string of the molecule is CNC(=O)c1cc2cc(Nc3nc(N4CCC(CCn5cc(-c6cc7cc(Nc8nc(N9CCC(C)CC9)ncc8Cl)ccc7n(C)c6=O)cn5)CC4)ncc3Cl)ccc2n(C)c1=O. The number of carbonyl (C=O) groups is 1. The molecular weight excluding hydrogens is 853 g/mol. The summed E-state index contributed by atoms with van der Waals surface area (Å²) < 4.78 is 5.06. The number of amides is 1. The molecule has 2 saturated heterocycles.